The lowest BCUT2D eigenvalue weighted by Gasteiger charge is -2.33. The number of halogens is 1. The Bertz CT molecular complexity index is 1010. The summed E-state index contributed by atoms with van der Waals surface area (Å²) >= 11 is 6.05. The van der Waals surface area contributed by atoms with E-state index in [-0.39, 0.29) is 22.2 Å². The Morgan fingerprint density at radius 1 is 0.935 bits per heavy atom. The SMILES string of the molecule is O=C(CCN1CCN(S(=O)(=O)c2ccccc2Cl)CC1)NC(=O)NCc1ccccc1. The minimum absolute atomic E-state index is 0.103. The van der Waals surface area contributed by atoms with Gasteiger partial charge in [0.05, 0.1) is 5.02 Å². The van der Waals surface area contributed by atoms with E-state index in [1.54, 1.807) is 18.2 Å². The lowest BCUT2D eigenvalue weighted by Crippen LogP contribution is -2.49. The van der Waals surface area contributed by atoms with Crippen molar-refractivity contribution in [2.24, 2.45) is 0 Å². The standard InChI is InChI=1S/C21H25ClN4O4S/c22-18-8-4-5-9-19(18)31(29,30)26-14-12-25(13-15-26)11-10-20(27)24-21(28)23-16-17-6-2-1-3-7-17/h1-9H,10-16H2,(H2,23,24,27,28). The Morgan fingerprint density at radius 2 is 1.58 bits per heavy atom. The van der Waals surface area contributed by atoms with E-state index in [0.29, 0.717) is 39.3 Å². The number of hydrogen-bond acceptors (Lipinski definition) is 5. The van der Waals surface area contributed by atoms with Crippen LogP contribution in [-0.2, 0) is 21.4 Å². The summed E-state index contributed by atoms with van der Waals surface area (Å²) in [5.74, 6) is -0.378. The fourth-order valence-electron chi connectivity index (χ4n) is 3.26. The number of benzene rings is 2. The van der Waals surface area contributed by atoms with Crippen LogP contribution in [0.3, 0.4) is 0 Å². The van der Waals surface area contributed by atoms with Crippen LogP contribution in [0.2, 0.25) is 5.02 Å². The maximum absolute atomic E-state index is 12.8. The van der Waals surface area contributed by atoms with Crippen molar-refractivity contribution in [3.05, 3.63) is 65.2 Å². The maximum Gasteiger partial charge on any atom is 0.321 e. The van der Waals surface area contributed by atoms with Crippen molar-refractivity contribution < 1.29 is 18.0 Å². The van der Waals surface area contributed by atoms with Crippen LogP contribution in [0.4, 0.5) is 4.79 Å². The zero-order valence-corrected chi connectivity index (χ0v) is 18.5. The molecule has 166 valence electrons. The van der Waals surface area contributed by atoms with Gasteiger partial charge in [0.2, 0.25) is 15.9 Å². The average Bonchev–Trinajstić information content (AvgIpc) is 2.77. The molecule has 1 saturated heterocycles. The van der Waals surface area contributed by atoms with E-state index in [1.807, 2.05) is 35.2 Å². The summed E-state index contributed by atoms with van der Waals surface area (Å²) in [6, 6.07) is 15.2. The number of carbonyl (C=O) groups excluding carboxylic acids is 2. The first-order valence-corrected chi connectivity index (χ1v) is 11.8. The minimum Gasteiger partial charge on any atom is -0.334 e. The van der Waals surface area contributed by atoms with Crippen LogP contribution in [-0.4, -0.2) is 62.3 Å². The highest BCUT2D eigenvalue weighted by atomic mass is 35.5. The Kier molecular flexibility index (Phi) is 8.03. The average molecular weight is 465 g/mol. The van der Waals surface area contributed by atoms with Crippen molar-refractivity contribution in [1.82, 2.24) is 19.8 Å². The van der Waals surface area contributed by atoms with Gasteiger partial charge in [-0.3, -0.25) is 10.1 Å². The lowest BCUT2D eigenvalue weighted by atomic mass is 10.2. The van der Waals surface area contributed by atoms with Crippen LogP contribution in [0.15, 0.2) is 59.5 Å². The second kappa shape index (κ2) is 10.7. The van der Waals surface area contributed by atoms with Crippen LogP contribution in [0.25, 0.3) is 0 Å². The first kappa shape index (κ1) is 23.2. The molecule has 0 aromatic heterocycles. The molecule has 2 aromatic rings. The molecule has 31 heavy (non-hydrogen) atoms. The summed E-state index contributed by atoms with van der Waals surface area (Å²) in [5.41, 5.74) is 0.940. The van der Waals surface area contributed by atoms with Gasteiger partial charge in [-0.15, -0.1) is 0 Å². The molecule has 0 radical (unpaired) electrons. The highest BCUT2D eigenvalue weighted by Gasteiger charge is 2.29. The van der Waals surface area contributed by atoms with Gasteiger partial charge in [0.25, 0.3) is 0 Å². The lowest BCUT2D eigenvalue weighted by molar-refractivity contribution is -0.120. The van der Waals surface area contributed by atoms with Crippen molar-refractivity contribution >= 4 is 33.6 Å². The molecule has 3 amide bonds. The van der Waals surface area contributed by atoms with Gasteiger partial charge in [-0.2, -0.15) is 4.31 Å². The van der Waals surface area contributed by atoms with Gasteiger partial charge < -0.3 is 10.2 Å². The zero-order valence-electron chi connectivity index (χ0n) is 17.0. The molecular weight excluding hydrogens is 440 g/mol. The van der Waals surface area contributed by atoms with Crippen molar-refractivity contribution in [2.75, 3.05) is 32.7 Å². The van der Waals surface area contributed by atoms with Crippen molar-refractivity contribution in [3.63, 3.8) is 0 Å². The van der Waals surface area contributed by atoms with Crippen molar-refractivity contribution in [1.29, 1.82) is 0 Å². The molecule has 1 aliphatic rings. The maximum atomic E-state index is 12.8. The van der Waals surface area contributed by atoms with E-state index in [4.69, 9.17) is 11.6 Å². The van der Waals surface area contributed by atoms with E-state index < -0.39 is 16.1 Å². The van der Waals surface area contributed by atoms with Crippen LogP contribution < -0.4 is 10.6 Å². The summed E-state index contributed by atoms with van der Waals surface area (Å²) in [6.07, 6.45) is 0.149. The summed E-state index contributed by atoms with van der Waals surface area (Å²) in [6.45, 7) is 2.40. The molecule has 1 heterocycles. The second-order valence-electron chi connectivity index (χ2n) is 7.14. The Labute approximate surface area is 187 Å². The summed E-state index contributed by atoms with van der Waals surface area (Å²) in [7, 11) is -3.65. The number of nitrogens with zero attached hydrogens (tertiary/aromatic N) is 2. The molecular formula is C21H25ClN4O4S. The van der Waals surface area contributed by atoms with E-state index in [1.165, 1.54) is 10.4 Å². The number of carbonyl (C=O) groups is 2. The molecule has 0 atom stereocenters. The number of sulfonamides is 1. The molecule has 1 aliphatic heterocycles. The third-order valence-corrected chi connectivity index (χ3v) is 7.39. The Hall–Kier alpha value is -2.46. The van der Waals surface area contributed by atoms with Gasteiger partial charge in [0.15, 0.2) is 0 Å². The predicted molar refractivity (Wildman–Crippen MR) is 118 cm³/mol. The zero-order chi connectivity index (χ0) is 22.3. The first-order valence-electron chi connectivity index (χ1n) is 9.95. The van der Waals surface area contributed by atoms with Crippen LogP contribution >= 0.6 is 11.6 Å². The predicted octanol–water partition coefficient (Wildman–Crippen LogP) is 2.06. The third-order valence-electron chi connectivity index (χ3n) is 4.99. The van der Waals surface area contributed by atoms with Gasteiger partial charge in [-0.1, -0.05) is 54.1 Å². The molecule has 0 aliphatic carbocycles. The molecule has 10 heteroatoms. The van der Waals surface area contributed by atoms with Crippen LogP contribution in [0, 0.1) is 0 Å². The quantitative estimate of drug-likeness (QED) is 0.653. The smallest absolute Gasteiger partial charge is 0.321 e. The molecule has 0 unspecified atom stereocenters. The fourth-order valence-corrected chi connectivity index (χ4v) is 5.17. The second-order valence-corrected chi connectivity index (χ2v) is 9.46. The highest BCUT2D eigenvalue weighted by molar-refractivity contribution is 7.89. The van der Waals surface area contributed by atoms with Gasteiger partial charge in [-0.25, -0.2) is 13.2 Å². The van der Waals surface area contributed by atoms with E-state index >= 15 is 0 Å². The minimum atomic E-state index is -3.65. The molecule has 0 spiro atoms. The molecule has 1 fully saturated rings. The van der Waals surface area contributed by atoms with Crippen LogP contribution in [0.1, 0.15) is 12.0 Å². The summed E-state index contributed by atoms with van der Waals surface area (Å²) in [4.78, 5) is 26.0. The number of amides is 3. The number of imide groups is 1. The Morgan fingerprint density at radius 3 is 2.26 bits per heavy atom. The summed E-state index contributed by atoms with van der Waals surface area (Å²) in [5, 5.41) is 5.16. The fraction of sp³-hybridized carbons (Fsp3) is 0.333. The largest absolute Gasteiger partial charge is 0.334 e. The first-order chi connectivity index (χ1) is 14.9. The topological polar surface area (TPSA) is 98.8 Å². The van der Waals surface area contributed by atoms with Gasteiger partial charge in [-0.05, 0) is 17.7 Å². The Balaban J connectivity index is 1.39. The van der Waals surface area contributed by atoms with Crippen molar-refractivity contribution in [2.45, 2.75) is 17.9 Å². The van der Waals surface area contributed by atoms with Gasteiger partial charge >= 0.3 is 6.03 Å². The molecule has 2 aromatic carbocycles. The molecule has 0 bridgehead atoms. The highest BCUT2D eigenvalue weighted by Crippen LogP contribution is 2.24. The van der Waals surface area contributed by atoms with Gasteiger partial charge in [0.1, 0.15) is 4.90 Å². The summed E-state index contributed by atoms with van der Waals surface area (Å²) < 4.78 is 27.0. The van der Waals surface area contributed by atoms with E-state index in [0.717, 1.165) is 5.56 Å². The monoisotopic (exact) mass is 464 g/mol. The molecule has 0 saturated carbocycles. The number of rotatable bonds is 7. The van der Waals surface area contributed by atoms with E-state index in [9.17, 15) is 18.0 Å². The van der Waals surface area contributed by atoms with Gasteiger partial charge in [0, 0.05) is 45.7 Å². The van der Waals surface area contributed by atoms with Crippen LogP contribution in [0.5, 0.6) is 0 Å². The molecule has 2 N–H and O–H groups in total. The normalized spacial score (nSPS) is 15.4. The number of piperazine rings is 1. The van der Waals surface area contributed by atoms with Crippen molar-refractivity contribution in [3.8, 4) is 0 Å². The third kappa shape index (κ3) is 6.51. The molecule has 8 nitrogen and oxygen atoms in total. The number of hydrogen-bond donors (Lipinski definition) is 2. The number of urea groups is 1. The van der Waals surface area contributed by atoms with E-state index in [2.05, 4.69) is 10.6 Å². The molecule has 3 rings (SSSR count). The number of nitrogens with one attached hydrogen (secondary N) is 2.